The Hall–Kier alpha value is -0.820. The standard InChI is InChI=1S/C11H14O/c12-9-11-7-3-1-5-10(11)6-2-4-8-11/h1-3,5-7,10,12H,4,8-9H2/t10-,11+/m1/s1. The Labute approximate surface area is 73.1 Å². The van der Waals surface area contributed by atoms with E-state index in [0.717, 1.165) is 12.8 Å². The molecule has 0 heterocycles. The zero-order chi connectivity index (χ0) is 8.44. The molecule has 0 spiro atoms. The van der Waals surface area contributed by atoms with Crippen LogP contribution in [0.2, 0.25) is 0 Å². The Morgan fingerprint density at radius 3 is 3.00 bits per heavy atom. The predicted molar refractivity (Wildman–Crippen MR) is 49.7 cm³/mol. The molecule has 64 valence electrons. The topological polar surface area (TPSA) is 20.2 Å². The van der Waals surface area contributed by atoms with E-state index in [4.69, 9.17) is 0 Å². The van der Waals surface area contributed by atoms with Gasteiger partial charge in [-0.05, 0) is 12.8 Å². The molecule has 0 aromatic carbocycles. The highest BCUT2D eigenvalue weighted by molar-refractivity contribution is 5.26. The van der Waals surface area contributed by atoms with Gasteiger partial charge in [-0.3, -0.25) is 0 Å². The van der Waals surface area contributed by atoms with Crippen molar-refractivity contribution in [2.75, 3.05) is 6.61 Å². The van der Waals surface area contributed by atoms with E-state index >= 15 is 0 Å². The lowest BCUT2D eigenvalue weighted by atomic mass is 9.68. The van der Waals surface area contributed by atoms with Gasteiger partial charge >= 0.3 is 0 Å². The first-order valence-electron chi connectivity index (χ1n) is 4.51. The van der Waals surface area contributed by atoms with Gasteiger partial charge < -0.3 is 5.11 Å². The van der Waals surface area contributed by atoms with Gasteiger partial charge in [-0.1, -0.05) is 36.5 Å². The number of hydrogen-bond acceptors (Lipinski definition) is 1. The number of aliphatic hydroxyl groups is 1. The van der Waals surface area contributed by atoms with Crippen LogP contribution in [-0.2, 0) is 0 Å². The van der Waals surface area contributed by atoms with E-state index in [-0.39, 0.29) is 12.0 Å². The van der Waals surface area contributed by atoms with E-state index in [0.29, 0.717) is 5.92 Å². The van der Waals surface area contributed by atoms with E-state index < -0.39 is 0 Å². The Balaban J connectivity index is 2.33. The Morgan fingerprint density at radius 1 is 1.33 bits per heavy atom. The summed E-state index contributed by atoms with van der Waals surface area (Å²) in [6, 6.07) is 0. The van der Waals surface area contributed by atoms with Crippen molar-refractivity contribution in [3.63, 3.8) is 0 Å². The summed E-state index contributed by atoms with van der Waals surface area (Å²) in [5.74, 6) is 0.418. The molecule has 0 unspecified atom stereocenters. The summed E-state index contributed by atoms with van der Waals surface area (Å²) >= 11 is 0. The minimum absolute atomic E-state index is 0.0174. The summed E-state index contributed by atoms with van der Waals surface area (Å²) < 4.78 is 0. The van der Waals surface area contributed by atoms with E-state index in [1.807, 2.05) is 6.08 Å². The number of fused-ring (bicyclic) bond motifs is 1. The fourth-order valence-electron chi connectivity index (χ4n) is 2.07. The maximum atomic E-state index is 9.36. The lowest BCUT2D eigenvalue weighted by Crippen LogP contribution is -2.33. The highest BCUT2D eigenvalue weighted by Crippen LogP contribution is 2.41. The molecule has 12 heavy (non-hydrogen) atoms. The van der Waals surface area contributed by atoms with Crippen LogP contribution in [0.15, 0.2) is 36.5 Å². The van der Waals surface area contributed by atoms with Crippen molar-refractivity contribution < 1.29 is 5.11 Å². The lowest BCUT2D eigenvalue weighted by Gasteiger charge is -2.37. The van der Waals surface area contributed by atoms with Gasteiger partial charge in [0.1, 0.15) is 0 Å². The second-order valence-corrected chi connectivity index (χ2v) is 3.63. The number of aliphatic hydroxyl groups excluding tert-OH is 1. The van der Waals surface area contributed by atoms with Gasteiger partial charge in [0.05, 0.1) is 6.61 Å². The van der Waals surface area contributed by atoms with Crippen LogP contribution in [0.1, 0.15) is 12.8 Å². The molecule has 0 aromatic rings. The van der Waals surface area contributed by atoms with Crippen LogP contribution in [0.25, 0.3) is 0 Å². The molecular formula is C11H14O. The zero-order valence-electron chi connectivity index (χ0n) is 7.11. The molecule has 2 aliphatic rings. The van der Waals surface area contributed by atoms with Gasteiger partial charge in [0.2, 0.25) is 0 Å². The summed E-state index contributed by atoms with van der Waals surface area (Å²) in [4.78, 5) is 0. The fourth-order valence-corrected chi connectivity index (χ4v) is 2.07. The van der Waals surface area contributed by atoms with Crippen LogP contribution >= 0.6 is 0 Å². The van der Waals surface area contributed by atoms with Gasteiger partial charge in [0.25, 0.3) is 0 Å². The van der Waals surface area contributed by atoms with Crippen molar-refractivity contribution in [2.45, 2.75) is 12.8 Å². The maximum absolute atomic E-state index is 9.36. The zero-order valence-corrected chi connectivity index (χ0v) is 7.11. The largest absolute Gasteiger partial charge is 0.395 e. The minimum atomic E-state index is 0.0174. The second kappa shape index (κ2) is 2.91. The molecule has 2 aliphatic carbocycles. The Bertz CT molecular complexity index is 250. The Kier molecular flexibility index (Phi) is 1.89. The average molecular weight is 162 g/mol. The molecular weight excluding hydrogens is 148 g/mol. The van der Waals surface area contributed by atoms with Crippen LogP contribution in [0.4, 0.5) is 0 Å². The predicted octanol–water partition coefficient (Wildman–Crippen LogP) is 2.06. The third-order valence-corrected chi connectivity index (χ3v) is 2.94. The molecule has 0 radical (unpaired) electrons. The van der Waals surface area contributed by atoms with Crippen molar-refractivity contribution in [3.05, 3.63) is 36.5 Å². The number of allylic oxidation sites excluding steroid dienone is 5. The van der Waals surface area contributed by atoms with Crippen molar-refractivity contribution in [1.82, 2.24) is 0 Å². The summed E-state index contributed by atoms with van der Waals surface area (Å²) in [7, 11) is 0. The monoisotopic (exact) mass is 162 g/mol. The Morgan fingerprint density at radius 2 is 2.25 bits per heavy atom. The molecule has 0 fully saturated rings. The van der Waals surface area contributed by atoms with Gasteiger partial charge in [0, 0.05) is 11.3 Å². The van der Waals surface area contributed by atoms with Gasteiger partial charge in [-0.2, -0.15) is 0 Å². The SMILES string of the molecule is OC[C@@]12C=CC=C[C@@H]1C=CCC2. The van der Waals surface area contributed by atoms with E-state index in [1.54, 1.807) is 0 Å². The number of hydrogen-bond donors (Lipinski definition) is 1. The molecule has 0 saturated heterocycles. The van der Waals surface area contributed by atoms with Crippen molar-refractivity contribution in [2.24, 2.45) is 11.3 Å². The molecule has 2 atom stereocenters. The van der Waals surface area contributed by atoms with E-state index in [1.165, 1.54) is 0 Å². The molecule has 1 nitrogen and oxygen atoms in total. The molecule has 0 bridgehead atoms. The molecule has 2 rings (SSSR count). The summed E-state index contributed by atoms with van der Waals surface area (Å²) in [6.45, 7) is 0.267. The quantitative estimate of drug-likeness (QED) is 0.585. The summed E-state index contributed by atoms with van der Waals surface area (Å²) in [6.07, 6.45) is 15.0. The van der Waals surface area contributed by atoms with E-state index in [2.05, 4.69) is 30.4 Å². The van der Waals surface area contributed by atoms with Crippen LogP contribution in [0, 0.1) is 11.3 Å². The third-order valence-electron chi connectivity index (χ3n) is 2.94. The third kappa shape index (κ3) is 1.05. The minimum Gasteiger partial charge on any atom is -0.395 e. The summed E-state index contributed by atoms with van der Waals surface area (Å²) in [5.41, 5.74) is 0.0174. The first kappa shape index (κ1) is 7.81. The molecule has 0 amide bonds. The molecule has 0 aromatic heterocycles. The summed E-state index contributed by atoms with van der Waals surface area (Å²) in [5, 5.41) is 9.36. The van der Waals surface area contributed by atoms with Crippen LogP contribution < -0.4 is 0 Å². The van der Waals surface area contributed by atoms with Gasteiger partial charge in [0.15, 0.2) is 0 Å². The van der Waals surface area contributed by atoms with Crippen LogP contribution in [-0.4, -0.2) is 11.7 Å². The van der Waals surface area contributed by atoms with Crippen LogP contribution in [0.3, 0.4) is 0 Å². The highest BCUT2D eigenvalue weighted by atomic mass is 16.3. The van der Waals surface area contributed by atoms with Crippen molar-refractivity contribution in [3.8, 4) is 0 Å². The molecule has 1 N–H and O–H groups in total. The molecule has 1 heteroatoms. The highest BCUT2D eigenvalue weighted by Gasteiger charge is 2.35. The second-order valence-electron chi connectivity index (χ2n) is 3.63. The van der Waals surface area contributed by atoms with E-state index in [9.17, 15) is 5.11 Å². The average Bonchev–Trinajstić information content (AvgIpc) is 2.18. The van der Waals surface area contributed by atoms with Gasteiger partial charge in [-0.15, -0.1) is 0 Å². The number of rotatable bonds is 1. The smallest absolute Gasteiger partial charge is 0.0530 e. The lowest BCUT2D eigenvalue weighted by molar-refractivity contribution is 0.130. The van der Waals surface area contributed by atoms with Crippen LogP contribution in [0.5, 0.6) is 0 Å². The maximum Gasteiger partial charge on any atom is 0.0530 e. The fraction of sp³-hybridized carbons (Fsp3) is 0.455. The van der Waals surface area contributed by atoms with Crippen molar-refractivity contribution in [1.29, 1.82) is 0 Å². The van der Waals surface area contributed by atoms with Crippen molar-refractivity contribution >= 4 is 0 Å². The molecule has 0 aliphatic heterocycles. The first-order chi connectivity index (χ1) is 5.87. The van der Waals surface area contributed by atoms with Gasteiger partial charge in [-0.25, -0.2) is 0 Å². The first-order valence-corrected chi connectivity index (χ1v) is 4.51. The molecule has 0 saturated carbocycles. The normalized spacial score (nSPS) is 38.2.